The minimum atomic E-state index is -0.100. The minimum absolute atomic E-state index is 0.0402. The molecule has 1 fully saturated rings. The van der Waals surface area contributed by atoms with Crippen molar-refractivity contribution in [3.05, 3.63) is 17.5 Å². The van der Waals surface area contributed by atoms with E-state index in [4.69, 9.17) is 18.0 Å². The molecule has 0 saturated carbocycles. The zero-order valence-corrected chi connectivity index (χ0v) is 9.88. The molecule has 2 heterocycles. The van der Waals surface area contributed by atoms with Crippen LogP contribution in [0.3, 0.4) is 0 Å². The van der Waals surface area contributed by atoms with Crippen LogP contribution in [-0.4, -0.2) is 38.6 Å². The number of aromatic nitrogens is 2. The van der Waals surface area contributed by atoms with Crippen LogP contribution in [0.4, 0.5) is 0 Å². The van der Waals surface area contributed by atoms with Crippen molar-refractivity contribution in [2.24, 2.45) is 5.73 Å². The first-order chi connectivity index (χ1) is 7.61. The fourth-order valence-corrected chi connectivity index (χ4v) is 2.27. The smallest absolute Gasteiger partial charge is 0.257 e. The monoisotopic (exact) mass is 238 g/mol. The molecule has 6 heteroatoms. The highest BCUT2D eigenvalue weighted by atomic mass is 32.1. The molecule has 16 heavy (non-hydrogen) atoms. The van der Waals surface area contributed by atoms with Crippen LogP contribution in [-0.2, 0) is 0 Å². The quantitative estimate of drug-likeness (QED) is 0.740. The van der Waals surface area contributed by atoms with Gasteiger partial charge in [-0.2, -0.15) is 5.10 Å². The first-order valence-corrected chi connectivity index (χ1v) is 5.62. The number of nitrogens with one attached hydrogen (secondary N) is 1. The van der Waals surface area contributed by atoms with Gasteiger partial charge in [0, 0.05) is 12.2 Å². The third kappa shape index (κ3) is 1.80. The Morgan fingerprint density at radius 3 is 3.06 bits per heavy atom. The van der Waals surface area contributed by atoms with Crippen molar-refractivity contribution in [2.75, 3.05) is 6.54 Å². The van der Waals surface area contributed by atoms with Gasteiger partial charge in [-0.3, -0.25) is 9.89 Å². The van der Waals surface area contributed by atoms with E-state index >= 15 is 0 Å². The molecule has 0 radical (unpaired) electrons. The van der Waals surface area contributed by atoms with Crippen molar-refractivity contribution in [3.8, 4) is 0 Å². The fraction of sp³-hybridized carbons (Fsp3) is 0.500. The second-order valence-corrected chi connectivity index (χ2v) is 4.44. The molecule has 1 aromatic rings. The molecule has 1 aromatic heterocycles. The molecule has 2 rings (SSSR count). The largest absolute Gasteiger partial charge is 0.392 e. The molecule has 1 aliphatic heterocycles. The SMILES string of the molecule is Cc1[nH]ncc1C(=O)N1CCCC1C(N)=S. The van der Waals surface area contributed by atoms with Gasteiger partial charge in [-0.15, -0.1) is 0 Å². The Balaban J connectivity index is 2.22. The maximum Gasteiger partial charge on any atom is 0.257 e. The molecule has 3 N–H and O–H groups in total. The Morgan fingerprint density at radius 1 is 1.75 bits per heavy atom. The van der Waals surface area contributed by atoms with E-state index in [9.17, 15) is 4.79 Å². The average Bonchev–Trinajstić information content (AvgIpc) is 2.84. The zero-order chi connectivity index (χ0) is 11.7. The summed E-state index contributed by atoms with van der Waals surface area (Å²) >= 11 is 4.97. The van der Waals surface area contributed by atoms with E-state index in [0.717, 1.165) is 18.5 Å². The summed E-state index contributed by atoms with van der Waals surface area (Å²) in [5, 5.41) is 6.60. The molecule has 1 unspecified atom stereocenters. The number of amides is 1. The van der Waals surface area contributed by atoms with Crippen LogP contribution in [0.2, 0.25) is 0 Å². The van der Waals surface area contributed by atoms with Gasteiger partial charge < -0.3 is 10.6 Å². The van der Waals surface area contributed by atoms with E-state index in [-0.39, 0.29) is 11.9 Å². The molecular formula is C10H14N4OS. The predicted octanol–water partition coefficient (Wildman–Crippen LogP) is 0.609. The molecular weight excluding hydrogens is 224 g/mol. The fourth-order valence-electron chi connectivity index (χ4n) is 2.03. The number of aromatic amines is 1. The molecule has 0 aromatic carbocycles. The highest BCUT2D eigenvalue weighted by Gasteiger charge is 2.32. The number of hydrogen-bond donors (Lipinski definition) is 2. The Labute approximate surface area is 99.0 Å². The second-order valence-electron chi connectivity index (χ2n) is 3.97. The van der Waals surface area contributed by atoms with E-state index in [2.05, 4.69) is 10.2 Å². The van der Waals surface area contributed by atoms with Crippen LogP contribution in [0, 0.1) is 6.92 Å². The van der Waals surface area contributed by atoms with Crippen molar-refractivity contribution in [2.45, 2.75) is 25.8 Å². The van der Waals surface area contributed by atoms with Gasteiger partial charge in [-0.05, 0) is 19.8 Å². The van der Waals surface area contributed by atoms with Crippen molar-refractivity contribution in [3.63, 3.8) is 0 Å². The third-order valence-corrected chi connectivity index (χ3v) is 3.17. The zero-order valence-electron chi connectivity index (χ0n) is 9.06. The van der Waals surface area contributed by atoms with Crippen LogP contribution in [0.25, 0.3) is 0 Å². The lowest BCUT2D eigenvalue weighted by atomic mass is 10.2. The molecule has 0 bridgehead atoms. The molecule has 1 amide bonds. The van der Waals surface area contributed by atoms with E-state index < -0.39 is 0 Å². The topological polar surface area (TPSA) is 75.0 Å². The van der Waals surface area contributed by atoms with Gasteiger partial charge >= 0.3 is 0 Å². The summed E-state index contributed by atoms with van der Waals surface area (Å²) in [6.07, 6.45) is 3.36. The summed E-state index contributed by atoms with van der Waals surface area (Å²) in [7, 11) is 0. The lowest BCUT2D eigenvalue weighted by Gasteiger charge is -2.23. The van der Waals surface area contributed by atoms with Gasteiger partial charge in [0.05, 0.1) is 22.8 Å². The molecule has 1 atom stereocenters. The number of H-pyrrole nitrogens is 1. The summed E-state index contributed by atoms with van der Waals surface area (Å²) in [4.78, 5) is 14.3. The van der Waals surface area contributed by atoms with E-state index in [1.807, 2.05) is 6.92 Å². The van der Waals surface area contributed by atoms with Crippen LogP contribution >= 0.6 is 12.2 Å². The molecule has 1 saturated heterocycles. The van der Waals surface area contributed by atoms with Gasteiger partial charge in [0.1, 0.15) is 0 Å². The number of hydrogen-bond acceptors (Lipinski definition) is 3. The first kappa shape index (κ1) is 11.1. The van der Waals surface area contributed by atoms with Crippen molar-refractivity contribution >= 4 is 23.1 Å². The predicted molar refractivity (Wildman–Crippen MR) is 64.2 cm³/mol. The second kappa shape index (κ2) is 4.21. The van der Waals surface area contributed by atoms with Crippen LogP contribution in [0.15, 0.2) is 6.20 Å². The number of thiocarbonyl (C=S) groups is 1. The summed E-state index contributed by atoms with van der Waals surface area (Å²) in [5.41, 5.74) is 7.01. The van der Waals surface area contributed by atoms with Gasteiger partial charge in [0.25, 0.3) is 5.91 Å². The Kier molecular flexibility index (Phi) is 2.91. The summed E-state index contributed by atoms with van der Waals surface area (Å²) < 4.78 is 0. The molecule has 5 nitrogen and oxygen atoms in total. The number of nitrogens with two attached hydrogens (primary N) is 1. The first-order valence-electron chi connectivity index (χ1n) is 5.21. The van der Waals surface area contributed by atoms with E-state index in [1.54, 1.807) is 11.1 Å². The number of nitrogens with zero attached hydrogens (tertiary/aromatic N) is 2. The van der Waals surface area contributed by atoms with Crippen molar-refractivity contribution in [1.82, 2.24) is 15.1 Å². The van der Waals surface area contributed by atoms with Gasteiger partial charge in [-0.25, -0.2) is 0 Å². The van der Waals surface area contributed by atoms with Crippen LogP contribution < -0.4 is 5.73 Å². The van der Waals surface area contributed by atoms with E-state index in [0.29, 0.717) is 17.1 Å². The maximum atomic E-state index is 12.2. The number of aryl methyl sites for hydroxylation is 1. The lowest BCUT2D eigenvalue weighted by Crippen LogP contribution is -2.42. The number of rotatable bonds is 2. The number of likely N-dealkylation sites (tertiary alicyclic amines) is 1. The van der Waals surface area contributed by atoms with Crippen LogP contribution in [0.5, 0.6) is 0 Å². The van der Waals surface area contributed by atoms with Crippen LogP contribution in [0.1, 0.15) is 28.9 Å². The highest BCUT2D eigenvalue weighted by molar-refractivity contribution is 7.80. The molecule has 1 aliphatic rings. The highest BCUT2D eigenvalue weighted by Crippen LogP contribution is 2.20. The van der Waals surface area contributed by atoms with Gasteiger partial charge in [0.15, 0.2) is 0 Å². The Hall–Kier alpha value is -1.43. The molecule has 0 spiro atoms. The normalized spacial score (nSPS) is 20.1. The minimum Gasteiger partial charge on any atom is -0.392 e. The van der Waals surface area contributed by atoms with Crippen molar-refractivity contribution in [1.29, 1.82) is 0 Å². The number of carbonyl (C=O) groups is 1. The maximum absolute atomic E-state index is 12.2. The summed E-state index contributed by atoms with van der Waals surface area (Å²) in [6.45, 7) is 2.54. The third-order valence-electron chi connectivity index (χ3n) is 2.90. The van der Waals surface area contributed by atoms with Crippen molar-refractivity contribution < 1.29 is 4.79 Å². The number of carbonyl (C=O) groups excluding carboxylic acids is 1. The van der Waals surface area contributed by atoms with E-state index in [1.165, 1.54) is 0 Å². The Bertz CT molecular complexity index is 428. The summed E-state index contributed by atoms with van der Waals surface area (Å²) in [5.74, 6) is -0.0402. The lowest BCUT2D eigenvalue weighted by molar-refractivity contribution is 0.0770. The molecule has 0 aliphatic carbocycles. The van der Waals surface area contributed by atoms with Gasteiger partial charge in [-0.1, -0.05) is 12.2 Å². The van der Waals surface area contributed by atoms with Gasteiger partial charge in [0.2, 0.25) is 0 Å². The molecule has 86 valence electrons. The Morgan fingerprint density at radius 2 is 2.50 bits per heavy atom. The average molecular weight is 238 g/mol. The standard InChI is InChI=1S/C10H14N4OS/c1-6-7(5-12-13-6)10(15)14-4-2-3-8(14)9(11)16/h5,8H,2-4H2,1H3,(H2,11,16)(H,12,13). The summed E-state index contributed by atoms with van der Waals surface area (Å²) in [6, 6.07) is -0.100.